The van der Waals surface area contributed by atoms with Gasteiger partial charge in [0.1, 0.15) is 25.0 Å². The number of anilines is 1. The second-order valence-electron chi connectivity index (χ2n) is 5.12. The van der Waals surface area contributed by atoms with Crippen LogP contribution in [0, 0.1) is 0 Å². The molecule has 124 valence electrons. The van der Waals surface area contributed by atoms with Gasteiger partial charge in [0.25, 0.3) is 5.91 Å². The number of carbonyl (C=O) groups excluding carboxylic acids is 1. The zero-order valence-electron chi connectivity index (χ0n) is 13.3. The molecule has 0 aliphatic rings. The molecule has 6 nitrogen and oxygen atoms in total. The summed E-state index contributed by atoms with van der Waals surface area (Å²) in [6, 6.07) is 9.37. The van der Waals surface area contributed by atoms with Gasteiger partial charge in [0, 0.05) is 11.8 Å². The molecule has 7 heteroatoms. The fourth-order valence-electron chi connectivity index (χ4n) is 2.27. The number of nitrogens with one attached hydrogen (secondary N) is 1. The van der Waals surface area contributed by atoms with Gasteiger partial charge in [0.2, 0.25) is 0 Å². The Labute approximate surface area is 144 Å². The maximum atomic E-state index is 12.4. The smallest absolute Gasteiger partial charge is 0.266 e. The number of hydrogen-bond donors (Lipinski definition) is 1. The van der Waals surface area contributed by atoms with Crippen molar-refractivity contribution in [1.29, 1.82) is 0 Å². The molecule has 0 aliphatic carbocycles. The molecule has 1 aromatic carbocycles. The van der Waals surface area contributed by atoms with E-state index in [-0.39, 0.29) is 5.91 Å². The van der Waals surface area contributed by atoms with E-state index in [4.69, 9.17) is 4.74 Å². The summed E-state index contributed by atoms with van der Waals surface area (Å²) in [5.41, 5.74) is 1.78. The van der Waals surface area contributed by atoms with Crippen LogP contribution in [0.2, 0.25) is 0 Å². The van der Waals surface area contributed by atoms with E-state index in [1.165, 1.54) is 17.7 Å². The predicted octanol–water partition coefficient (Wildman–Crippen LogP) is 3.23. The molecule has 0 unspecified atom stereocenters. The third-order valence-corrected chi connectivity index (χ3v) is 4.44. The van der Waals surface area contributed by atoms with E-state index in [1.807, 2.05) is 42.6 Å². The lowest BCUT2D eigenvalue weighted by Gasteiger charge is -2.09. The van der Waals surface area contributed by atoms with Gasteiger partial charge in [0.05, 0.1) is 11.4 Å². The number of ether oxygens (including phenoxy) is 1. The van der Waals surface area contributed by atoms with Crippen molar-refractivity contribution in [2.75, 3.05) is 11.9 Å². The van der Waals surface area contributed by atoms with E-state index in [0.29, 0.717) is 24.6 Å². The van der Waals surface area contributed by atoms with Crippen molar-refractivity contribution in [3.8, 4) is 5.75 Å². The second-order valence-corrected chi connectivity index (χ2v) is 6.03. The minimum atomic E-state index is -0.0818. The Bertz CT molecular complexity index is 799. The van der Waals surface area contributed by atoms with Crippen LogP contribution in [0.3, 0.4) is 0 Å². The van der Waals surface area contributed by atoms with Crippen molar-refractivity contribution in [1.82, 2.24) is 14.8 Å². The van der Waals surface area contributed by atoms with Gasteiger partial charge in [-0.15, -0.1) is 11.3 Å². The van der Waals surface area contributed by atoms with Crippen LogP contribution in [0.5, 0.6) is 5.75 Å². The third-order valence-electron chi connectivity index (χ3n) is 3.48. The SMILES string of the molecule is CCc1ccsc1C(=O)Nc1cccc(OCCn2cncn2)c1. The highest BCUT2D eigenvalue weighted by atomic mass is 32.1. The van der Waals surface area contributed by atoms with Gasteiger partial charge in [-0.1, -0.05) is 13.0 Å². The van der Waals surface area contributed by atoms with Crippen molar-refractivity contribution < 1.29 is 9.53 Å². The van der Waals surface area contributed by atoms with E-state index >= 15 is 0 Å². The summed E-state index contributed by atoms with van der Waals surface area (Å²) in [6.07, 6.45) is 3.98. The summed E-state index contributed by atoms with van der Waals surface area (Å²) in [4.78, 5) is 17.0. The molecule has 0 spiro atoms. The highest BCUT2D eigenvalue weighted by molar-refractivity contribution is 7.12. The molecule has 2 heterocycles. The fourth-order valence-corrected chi connectivity index (χ4v) is 3.16. The molecule has 0 radical (unpaired) electrons. The van der Waals surface area contributed by atoms with Crippen LogP contribution in [0.25, 0.3) is 0 Å². The van der Waals surface area contributed by atoms with Crippen LogP contribution in [-0.4, -0.2) is 27.3 Å². The number of hydrogen-bond acceptors (Lipinski definition) is 5. The van der Waals surface area contributed by atoms with E-state index in [0.717, 1.165) is 16.9 Å². The summed E-state index contributed by atoms with van der Waals surface area (Å²) in [6.45, 7) is 3.14. The highest BCUT2D eigenvalue weighted by Gasteiger charge is 2.12. The Kier molecular flexibility index (Phi) is 5.22. The maximum absolute atomic E-state index is 12.4. The number of amides is 1. The standard InChI is InChI=1S/C17H18N4O2S/c1-2-13-6-9-24-16(13)17(22)20-14-4-3-5-15(10-14)23-8-7-21-12-18-11-19-21/h3-6,9-12H,2,7-8H2,1H3,(H,20,22). The summed E-state index contributed by atoms with van der Waals surface area (Å²) in [5.74, 6) is 0.622. The molecule has 2 aromatic heterocycles. The molecule has 0 aliphatic heterocycles. The van der Waals surface area contributed by atoms with Crippen molar-refractivity contribution in [3.63, 3.8) is 0 Å². The van der Waals surface area contributed by atoms with E-state index < -0.39 is 0 Å². The van der Waals surface area contributed by atoms with Crippen LogP contribution >= 0.6 is 11.3 Å². The number of rotatable bonds is 7. The third kappa shape index (κ3) is 3.99. The molecule has 0 saturated carbocycles. The van der Waals surface area contributed by atoms with Gasteiger partial charge in [-0.05, 0) is 35.6 Å². The Morgan fingerprint density at radius 1 is 1.38 bits per heavy atom. The van der Waals surface area contributed by atoms with Gasteiger partial charge in [0.15, 0.2) is 0 Å². The second kappa shape index (κ2) is 7.74. The molecule has 0 fully saturated rings. The molecule has 0 bridgehead atoms. The Hall–Kier alpha value is -2.67. The van der Waals surface area contributed by atoms with Gasteiger partial charge in [-0.2, -0.15) is 5.10 Å². The van der Waals surface area contributed by atoms with Crippen LogP contribution in [-0.2, 0) is 13.0 Å². The van der Waals surface area contributed by atoms with Crippen molar-refractivity contribution in [3.05, 3.63) is 58.8 Å². The van der Waals surface area contributed by atoms with Crippen LogP contribution in [0.1, 0.15) is 22.2 Å². The van der Waals surface area contributed by atoms with Crippen molar-refractivity contribution in [2.45, 2.75) is 19.9 Å². The zero-order chi connectivity index (χ0) is 16.8. The Morgan fingerprint density at radius 3 is 3.08 bits per heavy atom. The number of benzene rings is 1. The topological polar surface area (TPSA) is 69.0 Å². The van der Waals surface area contributed by atoms with Crippen molar-refractivity contribution >= 4 is 22.9 Å². The zero-order valence-corrected chi connectivity index (χ0v) is 14.1. The number of thiophene rings is 1. The minimum Gasteiger partial charge on any atom is -0.492 e. The molecule has 24 heavy (non-hydrogen) atoms. The van der Waals surface area contributed by atoms with E-state index in [1.54, 1.807) is 11.0 Å². The van der Waals surface area contributed by atoms with Crippen molar-refractivity contribution in [2.24, 2.45) is 0 Å². The predicted molar refractivity (Wildman–Crippen MR) is 93.6 cm³/mol. The molecular weight excluding hydrogens is 324 g/mol. The lowest BCUT2D eigenvalue weighted by molar-refractivity contribution is 0.103. The molecule has 1 amide bonds. The summed E-state index contributed by atoms with van der Waals surface area (Å²) in [7, 11) is 0. The monoisotopic (exact) mass is 342 g/mol. The number of aryl methyl sites for hydroxylation is 1. The van der Waals surface area contributed by atoms with Gasteiger partial charge >= 0.3 is 0 Å². The lowest BCUT2D eigenvalue weighted by Crippen LogP contribution is -2.12. The summed E-state index contributed by atoms with van der Waals surface area (Å²) < 4.78 is 7.40. The molecule has 0 saturated heterocycles. The number of aromatic nitrogens is 3. The van der Waals surface area contributed by atoms with Crippen LogP contribution in [0.4, 0.5) is 5.69 Å². The molecule has 3 rings (SSSR count). The average molecular weight is 342 g/mol. The fraction of sp³-hybridized carbons (Fsp3) is 0.235. The normalized spacial score (nSPS) is 10.5. The largest absolute Gasteiger partial charge is 0.492 e. The number of carbonyl (C=O) groups is 1. The first-order valence-corrected chi connectivity index (χ1v) is 8.57. The van der Waals surface area contributed by atoms with E-state index in [9.17, 15) is 4.79 Å². The molecule has 3 aromatic rings. The first kappa shape index (κ1) is 16.2. The summed E-state index contributed by atoms with van der Waals surface area (Å²) in [5, 5.41) is 8.89. The van der Waals surface area contributed by atoms with E-state index in [2.05, 4.69) is 15.4 Å². The first-order valence-electron chi connectivity index (χ1n) is 7.69. The quantitative estimate of drug-likeness (QED) is 0.716. The minimum absolute atomic E-state index is 0.0818. The highest BCUT2D eigenvalue weighted by Crippen LogP contribution is 2.21. The Morgan fingerprint density at radius 2 is 2.29 bits per heavy atom. The number of nitrogens with zero attached hydrogens (tertiary/aromatic N) is 3. The van der Waals surface area contributed by atoms with Crippen LogP contribution in [0.15, 0.2) is 48.4 Å². The van der Waals surface area contributed by atoms with Gasteiger partial charge in [-0.3, -0.25) is 4.79 Å². The average Bonchev–Trinajstić information content (AvgIpc) is 3.26. The lowest BCUT2D eigenvalue weighted by atomic mass is 10.2. The molecular formula is C17H18N4O2S. The Balaban J connectivity index is 1.59. The van der Waals surface area contributed by atoms with Gasteiger partial charge in [-0.25, -0.2) is 9.67 Å². The summed E-state index contributed by atoms with van der Waals surface area (Å²) >= 11 is 1.46. The maximum Gasteiger partial charge on any atom is 0.266 e. The molecule has 1 N–H and O–H groups in total. The first-order chi connectivity index (χ1) is 11.8. The molecule has 0 atom stereocenters. The van der Waals surface area contributed by atoms with Crippen LogP contribution < -0.4 is 10.1 Å². The van der Waals surface area contributed by atoms with Gasteiger partial charge < -0.3 is 10.1 Å².